The molecule has 0 spiro atoms. The maximum absolute atomic E-state index is 10.5. The topological polar surface area (TPSA) is 37.3 Å². The summed E-state index contributed by atoms with van der Waals surface area (Å²) in [7, 11) is 0. The monoisotopic (exact) mass is 296 g/mol. The van der Waals surface area contributed by atoms with Gasteiger partial charge in [-0.05, 0) is 24.1 Å². The molecule has 0 aliphatic carbocycles. The molecular formula is C9H7BrCl2O2. The van der Waals surface area contributed by atoms with E-state index in [4.69, 9.17) is 28.3 Å². The average molecular weight is 298 g/mol. The van der Waals surface area contributed by atoms with Gasteiger partial charge in [0, 0.05) is 0 Å². The van der Waals surface area contributed by atoms with Crippen LogP contribution in [0.3, 0.4) is 0 Å². The SMILES string of the molecule is O=C(O)C(Br)Cc1ccc(Cl)c(Cl)c1. The van der Waals surface area contributed by atoms with E-state index in [1.807, 2.05) is 0 Å². The third-order valence-electron chi connectivity index (χ3n) is 1.67. The predicted molar refractivity (Wildman–Crippen MR) is 60.5 cm³/mol. The maximum atomic E-state index is 10.5. The van der Waals surface area contributed by atoms with Crippen molar-refractivity contribution in [1.29, 1.82) is 0 Å². The number of halogens is 3. The summed E-state index contributed by atoms with van der Waals surface area (Å²) in [6.45, 7) is 0. The molecule has 1 rings (SSSR count). The first-order chi connectivity index (χ1) is 6.50. The van der Waals surface area contributed by atoms with Crippen molar-refractivity contribution in [3.63, 3.8) is 0 Å². The molecule has 1 aromatic carbocycles. The summed E-state index contributed by atoms with van der Waals surface area (Å²) in [4.78, 5) is 9.95. The van der Waals surface area contributed by atoms with Gasteiger partial charge in [0.05, 0.1) is 10.0 Å². The van der Waals surface area contributed by atoms with E-state index in [9.17, 15) is 4.79 Å². The number of carboxylic acids is 1. The van der Waals surface area contributed by atoms with Gasteiger partial charge in [-0.1, -0.05) is 45.2 Å². The number of alkyl halides is 1. The largest absolute Gasteiger partial charge is 0.480 e. The molecule has 0 bridgehead atoms. The van der Waals surface area contributed by atoms with Crippen molar-refractivity contribution < 1.29 is 9.90 Å². The summed E-state index contributed by atoms with van der Waals surface area (Å²) in [5.41, 5.74) is 0.837. The van der Waals surface area contributed by atoms with Gasteiger partial charge in [0.25, 0.3) is 0 Å². The third-order valence-corrected chi connectivity index (χ3v) is 3.12. The third kappa shape index (κ3) is 3.15. The van der Waals surface area contributed by atoms with Gasteiger partial charge in [0.15, 0.2) is 0 Å². The Balaban J connectivity index is 2.78. The van der Waals surface area contributed by atoms with Gasteiger partial charge in [-0.2, -0.15) is 0 Å². The Labute approximate surface area is 100.0 Å². The second-order valence-electron chi connectivity index (χ2n) is 2.76. The second-order valence-corrected chi connectivity index (χ2v) is 4.68. The quantitative estimate of drug-likeness (QED) is 0.869. The Hall–Kier alpha value is -0.250. The van der Waals surface area contributed by atoms with E-state index in [-0.39, 0.29) is 0 Å². The van der Waals surface area contributed by atoms with Crippen LogP contribution in [0.25, 0.3) is 0 Å². The van der Waals surface area contributed by atoms with Crippen LogP contribution in [0.2, 0.25) is 10.0 Å². The summed E-state index contributed by atoms with van der Waals surface area (Å²) < 4.78 is 0. The first-order valence-electron chi connectivity index (χ1n) is 3.81. The highest BCUT2D eigenvalue weighted by atomic mass is 79.9. The van der Waals surface area contributed by atoms with E-state index in [0.717, 1.165) is 5.56 Å². The minimum absolute atomic E-state index is 0.381. The fourth-order valence-corrected chi connectivity index (χ4v) is 1.66. The molecule has 0 amide bonds. The van der Waals surface area contributed by atoms with Crippen molar-refractivity contribution in [1.82, 2.24) is 0 Å². The number of carbonyl (C=O) groups is 1. The summed E-state index contributed by atoms with van der Waals surface area (Å²) in [5, 5.41) is 9.57. The highest BCUT2D eigenvalue weighted by molar-refractivity contribution is 9.10. The highest BCUT2D eigenvalue weighted by Gasteiger charge is 2.13. The van der Waals surface area contributed by atoms with E-state index in [0.29, 0.717) is 16.5 Å². The van der Waals surface area contributed by atoms with Crippen LogP contribution in [0.4, 0.5) is 0 Å². The van der Waals surface area contributed by atoms with Crippen LogP contribution in [0.15, 0.2) is 18.2 Å². The molecule has 14 heavy (non-hydrogen) atoms. The van der Waals surface area contributed by atoms with Crippen LogP contribution in [-0.4, -0.2) is 15.9 Å². The summed E-state index contributed by atoms with van der Waals surface area (Å²) in [6.07, 6.45) is 0.381. The van der Waals surface area contributed by atoms with Gasteiger partial charge in [-0.3, -0.25) is 4.79 Å². The zero-order chi connectivity index (χ0) is 10.7. The molecule has 0 aliphatic heterocycles. The van der Waals surface area contributed by atoms with Crippen LogP contribution >= 0.6 is 39.1 Å². The lowest BCUT2D eigenvalue weighted by atomic mass is 10.1. The Morgan fingerprint density at radius 3 is 2.57 bits per heavy atom. The van der Waals surface area contributed by atoms with Crippen LogP contribution < -0.4 is 0 Å². The second kappa shape index (κ2) is 5.01. The molecule has 0 saturated carbocycles. The molecule has 0 fully saturated rings. The van der Waals surface area contributed by atoms with Gasteiger partial charge in [0.2, 0.25) is 0 Å². The highest BCUT2D eigenvalue weighted by Crippen LogP contribution is 2.23. The van der Waals surface area contributed by atoms with Gasteiger partial charge in [-0.25, -0.2) is 0 Å². The summed E-state index contributed by atoms with van der Waals surface area (Å²) >= 11 is 14.5. The van der Waals surface area contributed by atoms with Gasteiger partial charge in [-0.15, -0.1) is 0 Å². The molecule has 0 saturated heterocycles. The lowest BCUT2D eigenvalue weighted by Crippen LogP contribution is -2.15. The Bertz CT molecular complexity index is 355. The lowest BCUT2D eigenvalue weighted by molar-refractivity contribution is -0.136. The van der Waals surface area contributed by atoms with E-state index in [1.54, 1.807) is 18.2 Å². The molecule has 0 radical (unpaired) electrons. The molecule has 0 aliphatic rings. The first kappa shape index (κ1) is 11.8. The molecule has 1 N–H and O–H groups in total. The van der Waals surface area contributed by atoms with Gasteiger partial charge in [0.1, 0.15) is 4.83 Å². The number of carboxylic acid groups (broad SMARTS) is 1. The van der Waals surface area contributed by atoms with Crippen molar-refractivity contribution in [3.05, 3.63) is 33.8 Å². The fraction of sp³-hybridized carbons (Fsp3) is 0.222. The van der Waals surface area contributed by atoms with E-state index in [2.05, 4.69) is 15.9 Å². The van der Waals surface area contributed by atoms with Gasteiger partial charge < -0.3 is 5.11 Å². The minimum Gasteiger partial charge on any atom is -0.480 e. The molecule has 1 unspecified atom stereocenters. The van der Waals surface area contributed by atoms with Crippen LogP contribution in [0, 0.1) is 0 Å². The normalized spacial score (nSPS) is 12.5. The minimum atomic E-state index is -0.893. The molecule has 0 aromatic heterocycles. The number of rotatable bonds is 3. The van der Waals surface area contributed by atoms with Gasteiger partial charge >= 0.3 is 5.97 Å². The summed E-state index contributed by atoms with van der Waals surface area (Å²) in [6, 6.07) is 5.08. The standard InChI is InChI=1S/C9H7BrCl2O2/c10-6(9(13)14)3-5-1-2-7(11)8(12)4-5/h1-2,4,6H,3H2,(H,13,14). The Morgan fingerprint density at radius 1 is 1.43 bits per heavy atom. The maximum Gasteiger partial charge on any atom is 0.317 e. The van der Waals surface area contributed by atoms with Crippen molar-refractivity contribution in [3.8, 4) is 0 Å². The van der Waals surface area contributed by atoms with E-state index < -0.39 is 10.8 Å². The number of hydrogen-bond acceptors (Lipinski definition) is 1. The van der Waals surface area contributed by atoms with Crippen LogP contribution in [0.5, 0.6) is 0 Å². The number of aliphatic carboxylic acids is 1. The van der Waals surface area contributed by atoms with E-state index >= 15 is 0 Å². The molecule has 76 valence electrons. The van der Waals surface area contributed by atoms with Crippen molar-refractivity contribution in [2.45, 2.75) is 11.2 Å². The summed E-state index contributed by atoms with van der Waals surface area (Å²) in [5.74, 6) is -0.893. The van der Waals surface area contributed by atoms with Crippen LogP contribution in [-0.2, 0) is 11.2 Å². The Morgan fingerprint density at radius 2 is 2.07 bits per heavy atom. The van der Waals surface area contributed by atoms with Crippen molar-refractivity contribution in [2.24, 2.45) is 0 Å². The molecule has 1 atom stereocenters. The molecular weight excluding hydrogens is 291 g/mol. The molecule has 2 nitrogen and oxygen atoms in total. The Kier molecular flexibility index (Phi) is 4.23. The van der Waals surface area contributed by atoms with E-state index in [1.165, 1.54) is 0 Å². The predicted octanol–water partition coefficient (Wildman–Crippen LogP) is 3.38. The number of hydrogen-bond donors (Lipinski definition) is 1. The zero-order valence-electron chi connectivity index (χ0n) is 7.01. The fourth-order valence-electron chi connectivity index (χ4n) is 0.961. The molecule has 1 aromatic rings. The molecule has 0 heterocycles. The van der Waals surface area contributed by atoms with Crippen molar-refractivity contribution >= 4 is 45.1 Å². The lowest BCUT2D eigenvalue weighted by Gasteiger charge is -2.05. The number of benzene rings is 1. The van der Waals surface area contributed by atoms with Crippen molar-refractivity contribution in [2.75, 3.05) is 0 Å². The average Bonchev–Trinajstić information content (AvgIpc) is 2.11. The molecule has 5 heteroatoms. The van der Waals surface area contributed by atoms with Crippen LogP contribution in [0.1, 0.15) is 5.56 Å². The first-order valence-corrected chi connectivity index (χ1v) is 5.48. The zero-order valence-corrected chi connectivity index (χ0v) is 10.1. The smallest absolute Gasteiger partial charge is 0.317 e.